The third-order valence-corrected chi connectivity index (χ3v) is 9.88. The number of fused-ring (bicyclic) bond motifs is 1. The van der Waals surface area contributed by atoms with Crippen LogP contribution in [0.15, 0.2) is 18.2 Å². The van der Waals surface area contributed by atoms with E-state index in [1.807, 2.05) is 0 Å². The lowest BCUT2D eigenvalue weighted by Crippen LogP contribution is -2.44. The predicted octanol–water partition coefficient (Wildman–Crippen LogP) is 3.50. The summed E-state index contributed by atoms with van der Waals surface area (Å²) in [4.78, 5) is 0. The normalized spacial score (nSPS) is 20.9. The molecule has 1 aliphatic rings. The molecule has 1 aliphatic heterocycles. The van der Waals surface area contributed by atoms with Crippen LogP contribution in [0.1, 0.15) is 24.5 Å². The van der Waals surface area contributed by atoms with Crippen molar-refractivity contribution < 1.29 is 22.1 Å². The van der Waals surface area contributed by atoms with Crippen LogP contribution in [-0.2, 0) is 30.7 Å². The molecule has 1 atom stereocenters. The molecule has 0 amide bonds. The summed E-state index contributed by atoms with van der Waals surface area (Å²) in [6, 6.07) is 8.13. The third kappa shape index (κ3) is 4.43. The van der Waals surface area contributed by atoms with Gasteiger partial charge in [-0.25, -0.2) is 0 Å². The summed E-state index contributed by atoms with van der Waals surface area (Å²) in [5.41, 5.74) is 2.35. The second kappa shape index (κ2) is 7.91. The van der Waals surface area contributed by atoms with Crippen molar-refractivity contribution in [1.29, 1.82) is 0 Å². The van der Waals surface area contributed by atoms with Gasteiger partial charge in [-0.1, -0.05) is 19.4 Å². The second-order valence-electron chi connectivity index (χ2n) is 6.01. The molecule has 0 aliphatic carbocycles. The first kappa shape index (κ1) is 18.6. The van der Waals surface area contributed by atoms with Crippen LogP contribution in [0.2, 0.25) is 18.6 Å². The van der Waals surface area contributed by atoms with Crippen LogP contribution in [0.3, 0.4) is 0 Å². The maximum Gasteiger partial charge on any atom is 0.500 e. The van der Waals surface area contributed by atoms with Gasteiger partial charge in [-0.15, -0.1) is 0 Å². The van der Waals surface area contributed by atoms with Crippen molar-refractivity contribution in [2.24, 2.45) is 0 Å². The average molecular weight is 357 g/mol. The van der Waals surface area contributed by atoms with E-state index in [0.29, 0.717) is 6.61 Å². The number of benzene rings is 1. The van der Waals surface area contributed by atoms with Gasteiger partial charge in [0.2, 0.25) is 0 Å². The first-order valence-electron chi connectivity index (χ1n) is 8.10. The van der Waals surface area contributed by atoms with E-state index in [2.05, 4.69) is 31.7 Å². The highest BCUT2D eigenvalue weighted by Gasteiger charge is 2.38. The lowest BCUT2D eigenvalue weighted by atomic mass is 10.1. The van der Waals surface area contributed by atoms with Gasteiger partial charge in [0.05, 0.1) is 6.61 Å². The van der Waals surface area contributed by atoms with Crippen molar-refractivity contribution in [3.63, 3.8) is 0 Å². The zero-order valence-corrected chi connectivity index (χ0v) is 16.8. The highest BCUT2D eigenvalue weighted by molar-refractivity contribution is 6.67. The standard InChI is InChI=1S/C16H28O5Si2/c1-6-10-22(5)20-13-15-12-14(7-8-16(15)21-22)9-11-23(17-2,18-3)19-4/h7-8,12H,6,9-11,13H2,1-5H3. The van der Waals surface area contributed by atoms with E-state index in [0.717, 1.165) is 36.2 Å². The molecule has 2 rings (SSSR count). The largest absolute Gasteiger partial charge is 0.520 e. The number of rotatable bonds is 8. The van der Waals surface area contributed by atoms with Crippen molar-refractivity contribution in [3.8, 4) is 5.75 Å². The van der Waals surface area contributed by atoms with Crippen molar-refractivity contribution in [1.82, 2.24) is 0 Å². The van der Waals surface area contributed by atoms with Gasteiger partial charge in [-0.05, 0) is 30.7 Å². The molecular formula is C16H28O5Si2. The van der Waals surface area contributed by atoms with Gasteiger partial charge < -0.3 is 22.1 Å². The Morgan fingerprint density at radius 1 is 1.17 bits per heavy atom. The van der Waals surface area contributed by atoms with Crippen LogP contribution < -0.4 is 4.43 Å². The molecule has 7 heteroatoms. The molecule has 1 unspecified atom stereocenters. The van der Waals surface area contributed by atoms with E-state index in [9.17, 15) is 0 Å². The van der Waals surface area contributed by atoms with Crippen molar-refractivity contribution in [2.75, 3.05) is 21.3 Å². The van der Waals surface area contributed by atoms with Gasteiger partial charge in [0.1, 0.15) is 5.75 Å². The number of aryl methyl sites for hydroxylation is 1. The van der Waals surface area contributed by atoms with E-state index in [-0.39, 0.29) is 0 Å². The molecule has 1 aromatic rings. The Labute approximate surface area is 141 Å². The zero-order valence-electron chi connectivity index (χ0n) is 14.8. The van der Waals surface area contributed by atoms with Crippen LogP contribution in [0.4, 0.5) is 0 Å². The summed E-state index contributed by atoms with van der Waals surface area (Å²) in [6.45, 7) is 4.96. The second-order valence-corrected chi connectivity index (χ2v) is 12.4. The number of hydrogen-bond acceptors (Lipinski definition) is 5. The van der Waals surface area contributed by atoms with E-state index in [1.54, 1.807) is 21.3 Å². The number of hydrogen-bond donors (Lipinski definition) is 0. The summed E-state index contributed by atoms with van der Waals surface area (Å²) in [7, 11) is 0.388. The quantitative estimate of drug-likeness (QED) is 0.667. The maximum atomic E-state index is 6.18. The van der Waals surface area contributed by atoms with Crippen molar-refractivity contribution in [2.45, 2.75) is 45.0 Å². The lowest BCUT2D eigenvalue weighted by molar-refractivity contribution is 0.123. The van der Waals surface area contributed by atoms with Crippen molar-refractivity contribution in [3.05, 3.63) is 29.3 Å². The van der Waals surface area contributed by atoms with E-state index in [4.69, 9.17) is 22.1 Å². The molecule has 5 nitrogen and oxygen atoms in total. The Hall–Kier alpha value is -0.706. The summed E-state index contributed by atoms with van der Waals surface area (Å²) in [5, 5.41) is 0. The van der Waals surface area contributed by atoms with Gasteiger partial charge in [0.25, 0.3) is 0 Å². The van der Waals surface area contributed by atoms with Gasteiger partial charge in [-0.2, -0.15) is 0 Å². The molecule has 0 radical (unpaired) electrons. The van der Waals surface area contributed by atoms with Gasteiger partial charge in [0.15, 0.2) is 0 Å². The fourth-order valence-electron chi connectivity index (χ4n) is 2.92. The van der Waals surface area contributed by atoms with Crippen LogP contribution in [-0.4, -0.2) is 38.7 Å². The van der Waals surface area contributed by atoms with E-state index in [1.165, 1.54) is 5.56 Å². The first-order valence-corrected chi connectivity index (χ1v) is 12.6. The zero-order chi connectivity index (χ0) is 16.9. The molecule has 0 fully saturated rings. The minimum absolute atomic E-state index is 0.646. The Balaban J connectivity index is 2.05. The molecule has 0 bridgehead atoms. The minimum Gasteiger partial charge on any atom is -0.520 e. The van der Waals surface area contributed by atoms with E-state index >= 15 is 0 Å². The Morgan fingerprint density at radius 2 is 1.87 bits per heavy atom. The highest BCUT2D eigenvalue weighted by atomic mass is 28.4. The molecule has 0 spiro atoms. The molecule has 0 saturated heterocycles. The van der Waals surface area contributed by atoms with Crippen LogP contribution in [0.5, 0.6) is 5.75 Å². The van der Waals surface area contributed by atoms with Crippen LogP contribution >= 0.6 is 0 Å². The summed E-state index contributed by atoms with van der Waals surface area (Å²) >= 11 is 0. The fourth-order valence-corrected chi connectivity index (χ4v) is 6.97. The molecule has 23 heavy (non-hydrogen) atoms. The molecule has 0 N–H and O–H groups in total. The summed E-state index contributed by atoms with van der Waals surface area (Å²) in [6.07, 6.45) is 1.94. The van der Waals surface area contributed by atoms with Gasteiger partial charge in [-0.3, -0.25) is 0 Å². The average Bonchev–Trinajstić information content (AvgIpc) is 2.57. The molecule has 0 aromatic heterocycles. The molecule has 0 saturated carbocycles. The maximum absolute atomic E-state index is 6.18. The van der Waals surface area contributed by atoms with Gasteiger partial charge >= 0.3 is 17.4 Å². The molecule has 1 aromatic carbocycles. The SMILES string of the molecule is CCC[Si]1(C)OCc2cc(CC[Si](OC)(OC)OC)ccc2O1. The Kier molecular flexibility index (Phi) is 6.41. The van der Waals surface area contributed by atoms with Crippen LogP contribution in [0, 0.1) is 0 Å². The predicted molar refractivity (Wildman–Crippen MR) is 93.9 cm³/mol. The van der Waals surface area contributed by atoms with Crippen LogP contribution in [0.25, 0.3) is 0 Å². The molecule has 1 heterocycles. The topological polar surface area (TPSA) is 46.2 Å². The third-order valence-electron chi connectivity index (χ3n) is 4.34. The first-order chi connectivity index (χ1) is 11.0. The summed E-state index contributed by atoms with van der Waals surface area (Å²) < 4.78 is 28.6. The Bertz CT molecular complexity index is 513. The smallest absolute Gasteiger partial charge is 0.500 e. The molecule has 130 valence electrons. The van der Waals surface area contributed by atoms with Crippen molar-refractivity contribution >= 4 is 17.4 Å². The van der Waals surface area contributed by atoms with Gasteiger partial charge in [0, 0.05) is 39.0 Å². The molecular weight excluding hydrogens is 328 g/mol. The Morgan fingerprint density at radius 3 is 2.48 bits per heavy atom. The minimum atomic E-state index is -2.53. The highest BCUT2D eigenvalue weighted by Crippen LogP contribution is 2.32. The van der Waals surface area contributed by atoms with E-state index < -0.39 is 17.4 Å². The summed E-state index contributed by atoms with van der Waals surface area (Å²) in [5.74, 6) is 0.983. The lowest BCUT2D eigenvalue weighted by Gasteiger charge is -2.33. The fraction of sp³-hybridized carbons (Fsp3) is 0.625. The monoisotopic (exact) mass is 356 g/mol.